The maximum atomic E-state index is 5.55. The van der Waals surface area contributed by atoms with Gasteiger partial charge < -0.3 is 14.4 Å². The van der Waals surface area contributed by atoms with Crippen LogP contribution in [0.25, 0.3) is 0 Å². The molecule has 3 heterocycles. The number of hydrogen-bond donors (Lipinski definition) is 0. The van der Waals surface area contributed by atoms with Crippen LogP contribution in [0.1, 0.15) is 18.4 Å². The third kappa shape index (κ3) is 5.51. The van der Waals surface area contributed by atoms with Crippen LogP contribution in [0.4, 0.5) is 5.82 Å². The Morgan fingerprint density at radius 2 is 1.84 bits per heavy atom. The molecule has 0 radical (unpaired) electrons. The molecule has 168 valence electrons. The number of hydrogen-bond acceptors (Lipinski definition) is 6. The lowest BCUT2D eigenvalue weighted by atomic mass is 9.96. The molecule has 2 fully saturated rings. The number of piperidine rings is 1. The van der Waals surface area contributed by atoms with Gasteiger partial charge >= 0.3 is 0 Å². The number of rotatable bonds is 7. The first-order valence-electron chi connectivity index (χ1n) is 11.2. The van der Waals surface area contributed by atoms with E-state index >= 15 is 0 Å². The summed E-state index contributed by atoms with van der Waals surface area (Å²) in [6, 6.07) is 10.3. The smallest absolute Gasteiger partial charge is 0.175 e. The summed E-state index contributed by atoms with van der Waals surface area (Å²) in [5.74, 6) is 3.37. The Morgan fingerprint density at radius 3 is 2.55 bits per heavy atom. The molecule has 1 aromatic carbocycles. The van der Waals surface area contributed by atoms with E-state index in [-0.39, 0.29) is 0 Å². The van der Waals surface area contributed by atoms with E-state index in [9.17, 15) is 0 Å². The van der Waals surface area contributed by atoms with Crippen molar-refractivity contribution < 1.29 is 9.47 Å². The van der Waals surface area contributed by atoms with Crippen molar-refractivity contribution in [1.29, 1.82) is 0 Å². The van der Waals surface area contributed by atoms with E-state index in [1.54, 1.807) is 14.2 Å². The highest BCUT2D eigenvalue weighted by atomic mass is 79.9. The third-order valence-electron chi connectivity index (χ3n) is 6.42. The Labute approximate surface area is 194 Å². The van der Waals surface area contributed by atoms with Crippen LogP contribution in [-0.4, -0.2) is 74.8 Å². The number of benzene rings is 1. The zero-order valence-corrected chi connectivity index (χ0v) is 20.2. The Balaban J connectivity index is 1.30. The van der Waals surface area contributed by atoms with Gasteiger partial charge in [0.2, 0.25) is 0 Å². The van der Waals surface area contributed by atoms with Crippen molar-refractivity contribution in [2.75, 3.05) is 64.9 Å². The average molecular weight is 489 g/mol. The van der Waals surface area contributed by atoms with Crippen LogP contribution in [-0.2, 0) is 6.54 Å². The fraction of sp³-hybridized carbons (Fsp3) is 0.542. The summed E-state index contributed by atoms with van der Waals surface area (Å²) in [6.45, 7) is 8.80. The van der Waals surface area contributed by atoms with Gasteiger partial charge in [-0.2, -0.15) is 0 Å². The maximum Gasteiger partial charge on any atom is 0.175 e. The first kappa shape index (κ1) is 22.4. The molecule has 0 saturated carbocycles. The van der Waals surface area contributed by atoms with Gasteiger partial charge in [0.25, 0.3) is 0 Å². The quantitative estimate of drug-likeness (QED) is 0.588. The van der Waals surface area contributed by atoms with E-state index < -0.39 is 0 Å². The molecule has 0 amide bonds. The number of piperazine rings is 1. The van der Waals surface area contributed by atoms with Crippen molar-refractivity contribution in [3.63, 3.8) is 0 Å². The summed E-state index contributed by atoms with van der Waals surface area (Å²) in [7, 11) is 3.37. The predicted molar refractivity (Wildman–Crippen MR) is 128 cm³/mol. The second-order valence-electron chi connectivity index (χ2n) is 8.49. The van der Waals surface area contributed by atoms with Gasteiger partial charge in [0, 0.05) is 52.0 Å². The van der Waals surface area contributed by atoms with Crippen molar-refractivity contribution in [1.82, 2.24) is 14.8 Å². The Kier molecular flexibility index (Phi) is 7.69. The van der Waals surface area contributed by atoms with Crippen molar-refractivity contribution >= 4 is 21.7 Å². The molecular weight excluding hydrogens is 456 g/mol. The molecule has 0 N–H and O–H groups in total. The van der Waals surface area contributed by atoms with Crippen LogP contribution >= 0.6 is 15.9 Å². The second kappa shape index (κ2) is 10.7. The molecular formula is C24H33BrN4O2. The molecule has 1 unspecified atom stereocenters. The molecule has 2 aromatic rings. The number of anilines is 1. The molecule has 31 heavy (non-hydrogen) atoms. The number of likely N-dealkylation sites (tertiary alicyclic amines) is 1. The van der Waals surface area contributed by atoms with Crippen LogP contribution < -0.4 is 14.4 Å². The van der Waals surface area contributed by atoms with Crippen LogP contribution in [0.5, 0.6) is 11.5 Å². The van der Waals surface area contributed by atoms with Crippen molar-refractivity contribution in [3.8, 4) is 11.5 Å². The summed E-state index contributed by atoms with van der Waals surface area (Å²) in [5.41, 5.74) is 1.25. The number of halogens is 1. The van der Waals surface area contributed by atoms with E-state index in [0.717, 1.165) is 73.5 Å². The number of methoxy groups -OCH3 is 2. The predicted octanol–water partition coefficient (Wildman–Crippen LogP) is 3.90. The molecule has 0 aliphatic carbocycles. The lowest BCUT2D eigenvalue weighted by Gasteiger charge is -2.39. The van der Waals surface area contributed by atoms with Crippen molar-refractivity contribution in [2.45, 2.75) is 19.4 Å². The molecule has 1 aromatic heterocycles. The van der Waals surface area contributed by atoms with Gasteiger partial charge in [-0.3, -0.25) is 9.80 Å². The monoisotopic (exact) mass is 488 g/mol. The summed E-state index contributed by atoms with van der Waals surface area (Å²) in [6.07, 6.45) is 4.47. The Bertz CT molecular complexity index is 843. The summed E-state index contributed by atoms with van der Waals surface area (Å²) in [4.78, 5) is 12.1. The number of nitrogens with zero attached hydrogens (tertiary/aromatic N) is 4. The summed E-state index contributed by atoms with van der Waals surface area (Å²) >= 11 is 3.73. The van der Waals surface area contributed by atoms with E-state index in [1.165, 1.54) is 24.9 Å². The average Bonchev–Trinajstić information content (AvgIpc) is 2.81. The Morgan fingerprint density at radius 1 is 1.00 bits per heavy atom. The molecule has 2 saturated heterocycles. The third-order valence-corrected chi connectivity index (χ3v) is 7.29. The topological polar surface area (TPSA) is 41.1 Å². The lowest BCUT2D eigenvalue weighted by molar-refractivity contribution is 0.124. The van der Waals surface area contributed by atoms with Crippen LogP contribution in [0.15, 0.2) is 41.0 Å². The number of pyridine rings is 1. The minimum atomic E-state index is 0.731. The molecule has 0 spiro atoms. The van der Waals surface area contributed by atoms with E-state index in [4.69, 9.17) is 9.47 Å². The number of aromatic nitrogens is 1. The maximum absolute atomic E-state index is 5.55. The van der Waals surface area contributed by atoms with Gasteiger partial charge in [0.15, 0.2) is 11.5 Å². The second-order valence-corrected chi connectivity index (χ2v) is 9.29. The first-order chi connectivity index (χ1) is 15.2. The number of ether oxygens (including phenoxy) is 2. The zero-order valence-electron chi connectivity index (χ0n) is 18.6. The van der Waals surface area contributed by atoms with E-state index in [1.807, 2.05) is 18.3 Å². The van der Waals surface area contributed by atoms with Gasteiger partial charge in [-0.25, -0.2) is 4.98 Å². The highest BCUT2D eigenvalue weighted by Gasteiger charge is 2.25. The van der Waals surface area contributed by atoms with Gasteiger partial charge in [-0.1, -0.05) is 12.1 Å². The van der Waals surface area contributed by atoms with Crippen molar-refractivity contribution in [2.24, 2.45) is 5.92 Å². The summed E-state index contributed by atoms with van der Waals surface area (Å²) in [5, 5.41) is 0. The van der Waals surface area contributed by atoms with Gasteiger partial charge in [0.05, 0.1) is 18.7 Å². The molecule has 6 nitrogen and oxygen atoms in total. The molecule has 2 aliphatic heterocycles. The summed E-state index contributed by atoms with van der Waals surface area (Å²) < 4.78 is 12.0. The SMILES string of the molecule is COc1ccc(CN2CCCC(CN3CCN(c4ccccn4)CC3)C2)c(Br)c1OC. The van der Waals surface area contributed by atoms with Gasteiger partial charge in [0.1, 0.15) is 5.82 Å². The highest BCUT2D eigenvalue weighted by Crippen LogP contribution is 2.38. The lowest BCUT2D eigenvalue weighted by Crippen LogP contribution is -2.49. The van der Waals surface area contributed by atoms with Gasteiger partial charge in [-0.05, 0) is 65.0 Å². The van der Waals surface area contributed by atoms with Crippen molar-refractivity contribution in [3.05, 3.63) is 46.6 Å². The minimum Gasteiger partial charge on any atom is -0.493 e. The van der Waals surface area contributed by atoms with E-state index in [2.05, 4.69) is 53.8 Å². The molecule has 2 aliphatic rings. The minimum absolute atomic E-state index is 0.731. The molecule has 0 bridgehead atoms. The van der Waals surface area contributed by atoms with E-state index in [0.29, 0.717) is 0 Å². The standard InChI is InChI=1S/C24H33BrN4O2/c1-30-21-9-8-20(23(25)24(21)31-2)18-28-11-5-6-19(17-28)16-27-12-14-29(15-13-27)22-7-3-4-10-26-22/h3-4,7-10,19H,5-6,11-18H2,1-2H3. The zero-order chi connectivity index (χ0) is 21.6. The molecule has 7 heteroatoms. The fourth-order valence-electron chi connectivity index (χ4n) is 4.80. The van der Waals surface area contributed by atoms with Crippen LogP contribution in [0.2, 0.25) is 0 Å². The molecule has 4 rings (SSSR count). The largest absolute Gasteiger partial charge is 0.493 e. The highest BCUT2D eigenvalue weighted by molar-refractivity contribution is 9.10. The van der Waals surface area contributed by atoms with Gasteiger partial charge in [-0.15, -0.1) is 0 Å². The normalized spacial score (nSPS) is 20.6. The fourth-order valence-corrected chi connectivity index (χ4v) is 5.42. The van der Waals surface area contributed by atoms with Crippen LogP contribution in [0, 0.1) is 5.92 Å². The van der Waals surface area contributed by atoms with Crippen LogP contribution in [0.3, 0.4) is 0 Å². The first-order valence-corrected chi connectivity index (χ1v) is 12.0. The Hall–Kier alpha value is -1.83. The molecule has 1 atom stereocenters.